The number of benzene rings is 1. The van der Waals surface area contributed by atoms with Gasteiger partial charge in [0, 0.05) is 12.7 Å². The van der Waals surface area contributed by atoms with Crippen molar-refractivity contribution in [1.29, 1.82) is 0 Å². The van der Waals surface area contributed by atoms with Gasteiger partial charge in [0.1, 0.15) is 18.1 Å². The number of anilines is 1. The molecule has 2 rings (SSSR count). The summed E-state index contributed by atoms with van der Waals surface area (Å²) in [5.74, 6) is 1.11. The van der Waals surface area contributed by atoms with E-state index in [1.807, 2.05) is 0 Å². The minimum Gasteiger partial charge on any atom is -0.495 e. The molecule has 5 nitrogen and oxygen atoms in total. The first-order chi connectivity index (χ1) is 9.15. The van der Waals surface area contributed by atoms with E-state index in [0.29, 0.717) is 29.4 Å². The Bertz CT molecular complexity index is 589. The molecular formula is C14H15NO4. The summed E-state index contributed by atoms with van der Waals surface area (Å²) in [6, 6.07) is 8.20. The topological polar surface area (TPSA) is 74.7 Å². The van der Waals surface area contributed by atoms with Crippen LogP contribution in [-0.4, -0.2) is 20.0 Å². The highest BCUT2D eigenvalue weighted by Gasteiger charge is 2.15. The molecule has 100 valence electrons. The van der Waals surface area contributed by atoms with Crippen molar-refractivity contribution >= 4 is 11.5 Å². The zero-order chi connectivity index (χ0) is 13.8. The van der Waals surface area contributed by atoms with Crippen LogP contribution in [0.4, 0.5) is 5.69 Å². The fraction of sp³-hybridized carbons (Fsp3) is 0.214. The molecule has 0 radical (unpaired) electrons. The van der Waals surface area contributed by atoms with Crippen LogP contribution in [0.5, 0.6) is 5.75 Å². The van der Waals surface area contributed by atoms with Gasteiger partial charge in [-0.2, -0.15) is 0 Å². The smallest absolute Gasteiger partial charge is 0.228 e. The summed E-state index contributed by atoms with van der Waals surface area (Å²) in [5, 5.41) is 0. The van der Waals surface area contributed by atoms with Gasteiger partial charge in [0.25, 0.3) is 0 Å². The second-order valence-electron chi connectivity index (χ2n) is 3.98. The summed E-state index contributed by atoms with van der Waals surface area (Å²) in [6.45, 7) is 0.332. The van der Waals surface area contributed by atoms with Gasteiger partial charge in [-0.3, -0.25) is 4.79 Å². The van der Waals surface area contributed by atoms with E-state index in [0.717, 1.165) is 0 Å². The third-order valence-corrected chi connectivity index (χ3v) is 2.67. The number of methoxy groups -OCH3 is 2. The molecule has 0 aliphatic carbocycles. The van der Waals surface area contributed by atoms with Gasteiger partial charge >= 0.3 is 0 Å². The zero-order valence-electron chi connectivity index (χ0n) is 10.8. The highest BCUT2D eigenvalue weighted by atomic mass is 16.5. The molecule has 1 aromatic heterocycles. The van der Waals surface area contributed by atoms with E-state index in [1.54, 1.807) is 37.4 Å². The van der Waals surface area contributed by atoms with Crippen molar-refractivity contribution in [3.63, 3.8) is 0 Å². The standard InChI is InChI=1S/C14H15NO4/c1-17-8-10-4-6-12(19-10)14(16)9-3-5-11(15)13(7-9)18-2/h3-7H,8,15H2,1-2H3. The number of furan rings is 1. The molecule has 0 amide bonds. The second kappa shape index (κ2) is 5.58. The Hall–Kier alpha value is -2.27. The van der Waals surface area contributed by atoms with Gasteiger partial charge in [0.2, 0.25) is 5.78 Å². The first-order valence-electron chi connectivity index (χ1n) is 5.71. The fourth-order valence-electron chi connectivity index (χ4n) is 1.71. The summed E-state index contributed by atoms with van der Waals surface area (Å²) in [4.78, 5) is 12.2. The Labute approximate surface area is 110 Å². The number of hydrogen-bond acceptors (Lipinski definition) is 5. The van der Waals surface area contributed by atoms with Crippen molar-refractivity contribution < 1.29 is 18.7 Å². The molecule has 0 aliphatic heterocycles. The van der Waals surface area contributed by atoms with E-state index in [2.05, 4.69) is 0 Å². The molecule has 19 heavy (non-hydrogen) atoms. The lowest BCUT2D eigenvalue weighted by Gasteiger charge is -2.05. The van der Waals surface area contributed by atoms with Crippen LogP contribution in [0.25, 0.3) is 0 Å². The van der Waals surface area contributed by atoms with Crippen LogP contribution in [-0.2, 0) is 11.3 Å². The Morgan fingerprint density at radius 2 is 2.05 bits per heavy atom. The maximum absolute atomic E-state index is 12.2. The number of carbonyl (C=O) groups is 1. The van der Waals surface area contributed by atoms with Gasteiger partial charge in [-0.05, 0) is 30.3 Å². The van der Waals surface area contributed by atoms with Gasteiger partial charge in [-0.1, -0.05) is 0 Å². The fourth-order valence-corrected chi connectivity index (χ4v) is 1.71. The third-order valence-electron chi connectivity index (χ3n) is 2.67. The lowest BCUT2D eigenvalue weighted by molar-refractivity contribution is 0.0999. The summed E-state index contributed by atoms with van der Waals surface area (Å²) in [6.07, 6.45) is 0. The SMILES string of the molecule is COCc1ccc(C(=O)c2ccc(N)c(OC)c2)o1. The average Bonchev–Trinajstić information content (AvgIpc) is 2.87. The number of nitrogen functional groups attached to an aromatic ring is 1. The lowest BCUT2D eigenvalue weighted by atomic mass is 10.1. The van der Waals surface area contributed by atoms with Crippen molar-refractivity contribution in [1.82, 2.24) is 0 Å². The van der Waals surface area contributed by atoms with E-state index in [4.69, 9.17) is 19.6 Å². The number of ether oxygens (including phenoxy) is 2. The predicted molar refractivity (Wildman–Crippen MR) is 70.3 cm³/mol. The molecule has 2 aromatic rings. The number of hydrogen-bond donors (Lipinski definition) is 1. The van der Waals surface area contributed by atoms with Gasteiger partial charge in [0.15, 0.2) is 5.76 Å². The zero-order valence-corrected chi connectivity index (χ0v) is 10.8. The highest BCUT2D eigenvalue weighted by Crippen LogP contribution is 2.24. The molecule has 0 fully saturated rings. The monoisotopic (exact) mass is 261 g/mol. The minimum absolute atomic E-state index is 0.222. The molecule has 1 aromatic carbocycles. The quantitative estimate of drug-likeness (QED) is 0.660. The van der Waals surface area contributed by atoms with Crippen LogP contribution in [0.1, 0.15) is 21.9 Å². The van der Waals surface area contributed by atoms with Gasteiger partial charge in [-0.15, -0.1) is 0 Å². The van der Waals surface area contributed by atoms with Crippen LogP contribution in [0.15, 0.2) is 34.7 Å². The average molecular weight is 261 g/mol. The normalized spacial score (nSPS) is 10.4. The lowest BCUT2D eigenvalue weighted by Crippen LogP contribution is -2.01. The highest BCUT2D eigenvalue weighted by molar-refractivity contribution is 6.07. The molecule has 0 saturated carbocycles. The summed E-state index contributed by atoms with van der Waals surface area (Å²) in [5.41, 5.74) is 6.65. The Morgan fingerprint density at radius 3 is 2.74 bits per heavy atom. The first kappa shape index (κ1) is 13.2. The van der Waals surface area contributed by atoms with Crippen LogP contribution in [0.2, 0.25) is 0 Å². The molecule has 0 unspecified atom stereocenters. The largest absolute Gasteiger partial charge is 0.495 e. The van der Waals surface area contributed by atoms with Crippen molar-refractivity contribution in [3.8, 4) is 5.75 Å². The van der Waals surface area contributed by atoms with Crippen LogP contribution in [0, 0.1) is 0 Å². The Morgan fingerprint density at radius 1 is 1.26 bits per heavy atom. The first-order valence-corrected chi connectivity index (χ1v) is 5.71. The van der Waals surface area contributed by atoms with Gasteiger partial charge in [-0.25, -0.2) is 0 Å². The van der Waals surface area contributed by atoms with Crippen molar-refractivity contribution in [2.75, 3.05) is 20.0 Å². The van der Waals surface area contributed by atoms with E-state index >= 15 is 0 Å². The Balaban J connectivity index is 2.27. The van der Waals surface area contributed by atoms with Crippen LogP contribution in [0.3, 0.4) is 0 Å². The van der Waals surface area contributed by atoms with Crippen molar-refractivity contribution in [3.05, 3.63) is 47.4 Å². The number of ketones is 1. The number of carbonyl (C=O) groups excluding carboxylic acids is 1. The number of rotatable bonds is 5. The minimum atomic E-state index is -0.222. The molecule has 0 aliphatic rings. The summed E-state index contributed by atoms with van der Waals surface area (Å²) < 4.78 is 15.4. The summed E-state index contributed by atoms with van der Waals surface area (Å²) in [7, 11) is 3.07. The molecule has 0 saturated heterocycles. The van der Waals surface area contributed by atoms with Gasteiger partial charge < -0.3 is 19.6 Å². The molecule has 1 heterocycles. The third kappa shape index (κ3) is 2.77. The summed E-state index contributed by atoms with van der Waals surface area (Å²) >= 11 is 0. The molecular weight excluding hydrogens is 246 g/mol. The van der Waals surface area contributed by atoms with Gasteiger partial charge in [0.05, 0.1) is 12.8 Å². The van der Waals surface area contributed by atoms with E-state index < -0.39 is 0 Å². The molecule has 0 spiro atoms. The van der Waals surface area contributed by atoms with E-state index in [-0.39, 0.29) is 11.5 Å². The molecule has 2 N–H and O–H groups in total. The maximum atomic E-state index is 12.2. The maximum Gasteiger partial charge on any atom is 0.228 e. The second-order valence-corrected chi connectivity index (χ2v) is 3.98. The number of nitrogens with two attached hydrogens (primary N) is 1. The predicted octanol–water partition coefficient (Wildman–Crippen LogP) is 2.25. The molecule has 0 atom stereocenters. The van der Waals surface area contributed by atoms with Crippen molar-refractivity contribution in [2.24, 2.45) is 0 Å². The Kier molecular flexibility index (Phi) is 3.87. The molecule has 0 bridgehead atoms. The van der Waals surface area contributed by atoms with Crippen LogP contribution >= 0.6 is 0 Å². The van der Waals surface area contributed by atoms with Crippen molar-refractivity contribution in [2.45, 2.75) is 6.61 Å². The van der Waals surface area contributed by atoms with E-state index in [1.165, 1.54) is 7.11 Å². The van der Waals surface area contributed by atoms with Crippen LogP contribution < -0.4 is 10.5 Å². The van der Waals surface area contributed by atoms with E-state index in [9.17, 15) is 4.79 Å². The molecule has 5 heteroatoms.